The first-order valence-corrected chi connectivity index (χ1v) is 11.4. The van der Waals surface area contributed by atoms with Crippen LogP contribution in [0.2, 0.25) is 5.02 Å². The topological polar surface area (TPSA) is 54.5 Å². The van der Waals surface area contributed by atoms with Gasteiger partial charge in [0.1, 0.15) is 5.75 Å². The number of piperidine rings is 1. The molecule has 0 unspecified atom stereocenters. The van der Waals surface area contributed by atoms with Crippen molar-refractivity contribution in [2.75, 3.05) is 20.2 Å². The molecule has 0 saturated carbocycles. The van der Waals surface area contributed by atoms with E-state index in [9.17, 15) is 4.79 Å². The molecule has 1 N–H and O–H groups in total. The van der Waals surface area contributed by atoms with E-state index in [1.54, 1.807) is 18.4 Å². The lowest BCUT2D eigenvalue weighted by Crippen LogP contribution is -2.47. The van der Waals surface area contributed by atoms with Crippen molar-refractivity contribution in [3.05, 3.63) is 58.1 Å². The van der Waals surface area contributed by atoms with Gasteiger partial charge in [-0.3, -0.25) is 9.69 Å². The molecule has 1 atom stereocenters. The fraction of sp³-hybridized carbons (Fsp3) is 0.391. The van der Waals surface area contributed by atoms with Crippen LogP contribution in [0.5, 0.6) is 5.75 Å². The zero-order chi connectivity index (χ0) is 21.1. The number of methoxy groups -OCH3 is 1. The molecule has 1 aliphatic rings. The molecule has 158 valence electrons. The van der Waals surface area contributed by atoms with Crippen LogP contribution in [0.25, 0.3) is 10.2 Å². The molecule has 30 heavy (non-hydrogen) atoms. The van der Waals surface area contributed by atoms with E-state index in [0.29, 0.717) is 12.5 Å². The first kappa shape index (κ1) is 21.1. The molecular formula is C23H26ClN3O2S. The van der Waals surface area contributed by atoms with Gasteiger partial charge < -0.3 is 10.1 Å². The van der Waals surface area contributed by atoms with Gasteiger partial charge in [-0.05, 0) is 57.1 Å². The van der Waals surface area contributed by atoms with Gasteiger partial charge >= 0.3 is 0 Å². The second-order valence-corrected chi connectivity index (χ2v) is 9.18. The summed E-state index contributed by atoms with van der Waals surface area (Å²) in [4.78, 5) is 19.8. The molecule has 1 amide bonds. The van der Waals surface area contributed by atoms with Crippen LogP contribution < -0.4 is 10.1 Å². The van der Waals surface area contributed by atoms with Crippen molar-refractivity contribution >= 4 is 39.1 Å². The first-order valence-electron chi connectivity index (χ1n) is 10.2. The molecule has 0 spiro atoms. The summed E-state index contributed by atoms with van der Waals surface area (Å²) in [6.45, 7) is 4.24. The standard InChI is InChI=1S/C23H26ClN3O2S/c1-15(22(28)25-14-17-5-3-4-6-20(17)29-2)27-11-9-16(10-12-27)23-26-19-13-18(24)7-8-21(19)30-23/h3-8,13,15-16H,9-12,14H2,1-2H3,(H,25,28)/t15-/m0/s1. The van der Waals surface area contributed by atoms with Crippen LogP contribution in [-0.2, 0) is 11.3 Å². The molecule has 0 aliphatic carbocycles. The highest BCUT2D eigenvalue weighted by atomic mass is 35.5. The van der Waals surface area contributed by atoms with Crippen LogP contribution in [-0.4, -0.2) is 42.0 Å². The lowest BCUT2D eigenvalue weighted by atomic mass is 9.96. The van der Waals surface area contributed by atoms with Crippen molar-refractivity contribution in [2.24, 2.45) is 0 Å². The van der Waals surface area contributed by atoms with Crippen molar-refractivity contribution in [2.45, 2.75) is 38.3 Å². The number of nitrogens with one attached hydrogen (secondary N) is 1. The van der Waals surface area contributed by atoms with E-state index < -0.39 is 0 Å². The number of para-hydroxylation sites is 1. The van der Waals surface area contributed by atoms with Gasteiger partial charge in [0, 0.05) is 23.0 Å². The summed E-state index contributed by atoms with van der Waals surface area (Å²) >= 11 is 7.85. The second-order valence-electron chi connectivity index (χ2n) is 7.68. The molecule has 2 heterocycles. The van der Waals surface area contributed by atoms with Crippen LogP contribution in [0.1, 0.15) is 36.3 Å². The number of thiazole rings is 1. The largest absolute Gasteiger partial charge is 0.496 e. The Kier molecular flexibility index (Phi) is 6.56. The molecule has 1 aliphatic heterocycles. The summed E-state index contributed by atoms with van der Waals surface area (Å²) in [6, 6.07) is 13.5. The zero-order valence-electron chi connectivity index (χ0n) is 17.2. The minimum absolute atomic E-state index is 0.0500. The monoisotopic (exact) mass is 443 g/mol. The molecule has 0 radical (unpaired) electrons. The van der Waals surface area contributed by atoms with Crippen molar-refractivity contribution in [3.63, 3.8) is 0 Å². The third kappa shape index (κ3) is 4.61. The molecule has 5 nitrogen and oxygen atoms in total. The van der Waals surface area contributed by atoms with Gasteiger partial charge in [0.05, 0.1) is 28.4 Å². The summed E-state index contributed by atoms with van der Waals surface area (Å²) in [6.07, 6.45) is 2.02. The van der Waals surface area contributed by atoms with Gasteiger partial charge in [-0.15, -0.1) is 11.3 Å². The number of carbonyl (C=O) groups is 1. The number of hydrogen-bond donors (Lipinski definition) is 1. The second kappa shape index (κ2) is 9.33. The Morgan fingerprint density at radius 1 is 1.30 bits per heavy atom. The van der Waals surface area contributed by atoms with Crippen molar-refractivity contribution in [1.82, 2.24) is 15.2 Å². The smallest absolute Gasteiger partial charge is 0.237 e. The van der Waals surface area contributed by atoms with Crippen LogP contribution in [0.3, 0.4) is 0 Å². The summed E-state index contributed by atoms with van der Waals surface area (Å²) in [5.41, 5.74) is 1.96. The molecule has 0 bridgehead atoms. The Balaban J connectivity index is 1.32. The number of halogens is 1. The van der Waals surface area contributed by atoms with E-state index in [0.717, 1.165) is 47.8 Å². The number of carbonyl (C=O) groups excluding carboxylic acids is 1. The molecular weight excluding hydrogens is 418 g/mol. The molecule has 1 fully saturated rings. The lowest BCUT2D eigenvalue weighted by Gasteiger charge is -2.34. The normalized spacial score (nSPS) is 16.5. The van der Waals surface area contributed by atoms with Gasteiger partial charge in [-0.1, -0.05) is 29.8 Å². The van der Waals surface area contributed by atoms with Crippen LogP contribution in [0.15, 0.2) is 42.5 Å². The predicted molar refractivity (Wildman–Crippen MR) is 122 cm³/mol. The highest BCUT2D eigenvalue weighted by molar-refractivity contribution is 7.18. The Morgan fingerprint density at radius 3 is 2.83 bits per heavy atom. The summed E-state index contributed by atoms with van der Waals surface area (Å²) in [5.74, 6) is 1.29. The SMILES string of the molecule is COc1ccccc1CNC(=O)[C@H](C)N1CCC(c2nc3cc(Cl)ccc3s2)CC1. The van der Waals surface area contributed by atoms with Gasteiger partial charge in [0.25, 0.3) is 0 Å². The molecule has 2 aromatic carbocycles. The van der Waals surface area contributed by atoms with Gasteiger partial charge in [-0.2, -0.15) is 0 Å². The van der Waals surface area contributed by atoms with Crippen molar-refractivity contribution in [3.8, 4) is 5.75 Å². The number of benzene rings is 2. The highest BCUT2D eigenvalue weighted by Gasteiger charge is 2.28. The van der Waals surface area contributed by atoms with Gasteiger partial charge in [0.15, 0.2) is 0 Å². The third-order valence-electron chi connectivity index (χ3n) is 5.82. The van der Waals surface area contributed by atoms with Gasteiger partial charge in [-0.25, -0.2) is 4.98 Å². The average Bonchev–Trinajstić information content (AvgIpc) is 3.20. The summed E-state index contributed by atoms with van der Waals surface area (Å²) in [7, 11) is 1.65. The molecule has 1 aromatic heterocycles. The van der Waals surface area contributed by atoms with E-state index in [1.807, 2.05) is 49.4 Å². The quantitative estimate of drug-likeness (QED) is 0.592. The van der Waals surface area contributed by atoms with E-state index in [2.05, 4.69) is 10.2 Å². The number of aromatic nitrogens is 1. The Morgan fingerprint density at radius 2 is 2.07 bits per heavy atom. The fourth-order valence-electron chi connectivity index (χ4n) is 3.97. The molecule has 7 heteroatoms. The third-order valence-corrected chi connectivity index (χ3v) is 7.25. The van der Waals surface area contributed by atoms with E-state index in [4.69, 9.17) is 21.3 Å². The Hall–Kier alpha value is -2.15. The van der Waals surface area contributed by atoms with Crippen LogP contribution in [0, 0.1) is 0 Å². The number of likely N-dealkylation sites (tertiary alicyclic amines) is 1. The minimum atomic E-state index is -0.158. The maximum Gasteiger partial charge on any atom is 0.237 e. The first-order chi connectivity index (χ1) is 14.5. The number of ether oxygens (including phenoxy) is 1. The Bertz CT molecular complexity index is 1030. The number of fused-ring (bicyclic) bond motifs is 1. The number of nitrogens with zero attached hydrogens (tertiary/aromatic N) is 2. The number of amides is 1. The summed E-state index contributed by atoms with van der Waals surface area (Å²) < 4.78 is 6.54. The number of hydrogen-bond acceptors (Lipinski definition) is 5. The van der Waals surface area contributed by atoms with Crippen LogP contribution >= 0.6 is 22.9 Å². The van der Waals surface area contributed by atoms with Gasteiger partial charge in [0.2, 0.25) is 5.91 Å². The maximum atomic E-state index is 12.7. The number of rotatable bonds is 6. The zero-order valence-corrected chi connectivity index (χ0v) is 18.8. The predicted octanol–water partition coefficient (Wildman–Crippen LogP) is 4.84. The maximum absolute atomic E-state index is 12.7. The van der Waals surface area contributed by atoms with Crippen molar-refractivity contribution in [1.29, 1.82) is 0 Å². The van der Waals surface area contributed by atoms with E-state index in [1.165, 1.54) is 9.71 Å². The van der Waals surface area contributed by atoms with E-state index >= 15 is 0 Å². The molecule has 1 saturated heterocycles. The van der Waals surface area contributed by atoms with E-state index in [-0.39, 0.29) is 11.9 Å². The summed E-state index contributed by atoms with van der Waals surface area (Å²) in [5, 5.41) is 4.96. The average molecular weight is 444 g/mol. The molecule has 3 aromatic rings. The Labute approximate surface area is 186 Å². The highest BCUT2D eigenvalue weighted by Crippen LogP contribution is 2.35. The van der Waals surface area contributed by atoms with Crippen molar-refractivity contribution < 1.29 is 9.53 Å². The molecule has 4 rings (SSSR count). The minimum Gasteiger partial charge on any atom is -0.496 e. The van der Waals surface area contributed by atoms with Crippen LogP contribution in [0.4, 0.5) is 0 Å². The lowest BCUT2D eigenvalue weighted by molar-refractivity contribution is -0.126. The fourth-order valence-corrected chi connectivity index (χ4v) is 5.25.